The third kappa shape index (κ3) is 5.68. The molecule has 0 saturated heterocycles. The third-order valence-corrected chi connectivity index (χ3v) is 0.922. The minimum Gasteiger partial charge on any atom is -0.346 e. The van der Waals surface area contributed by atoms with Crippen molar-refractivity contribution in [3.63, 3.8) is 0 Å². The number of ether oxygens (including phenoxy) is 1. The van der Waals surface area contributed by atoms with Crippen molar-refractivity contribution in [1.29, 1.82) is 0 Å². The number of aliphatic hydroxyl groups is 2. The highest BCUT2D eigenvalue weighted by molar-refractivity contribution is 5.79. The Morgan fingerprint density at radius 2 is 2.20 bits per heavy atom. The van der Waals surface area contributed by atoms with Gasteiger partial charge in [0.1, 0.15) is 6.61 Å². The molecular formula is C6H12O4. The molecule has 0 aromatic heterocycles. The van der Waals surface area contributed by atoms with E-state index in [0.29, 0.717) is 6.42 Å². The second-order valence-corrected chi connectivity index (χ2v) is 1.93. The predicted molar refractivity (Wildman–Crippen MR) is 34.1 cm³/mol. The van der Waals surface area contributed by atoms with Gasteiger partial charge in [-0.2, -0.15) is 0 Å². The Kier molecular flexibility index (Phi) is 5.10. The highest BCUT2D eigenvalue weighted by Gasteiger charge is 2.02. The first-order valence-corrected chi connectivity index (χ1v) is 3.16. The largest absolute Gasteiger partial charge is 0.346 e. The second-order valence-electron chi connectivity index (χ2n) is 1.93. The van der Waals surface area contributed by atoms with Crippen LogP contribution in [0.2, 0.25) is 0 Å². The van der Waals surface area contributed by atoms with Crippen LogP contribution in [0.25, 0.3) is 0 Å². The number of carbonyl (C=O) groups is 1. The van der Waals surface area contributed by atoms with E-state index in [0.717, 1.165) is 6.42 Å². The summed E-state index contributed by atoms with van der Waals surface area (Å²) in [6.07, 6.45) is 1.18. The smallest absolute Gasteiger partial charge is 0.266 e. The first-order valence-electron chi connectivity index (χ1n) is 3.16. The molecule has 60 valence electrons. The molecule has 0 aromatic carbocycles. The Bertz CT molecular complexity index is 99.9. The molecule has 0 rings (SSSR count). The molecule has 4 heteroatoms. The maximum absolute atomic E-state index is 10.6. The van der Waals surface area contributed by atoms with Crippen LogP contribution in [0, 0.1) is 0 Å². The molecule has 0 atom stereocenters. The Morgan fingerprint density at radius 1 is 1.60 bits per heavy atom. The minimum absolute atomic E-state index is 0.115. The number of rotatable bonds is 5. The molecule has 0 radical (unpaired) electrons. The number of aliphatic hydroxyl groups excluding tert-OH is 1. The monoisotopic (exact) mass is 148 g/mol. The van der Waals surface area contributed by atoms with Gasteiger partial charge in [-0.1, -0.05) is 6.92 Å². The van der Waals surface area contributed by atoms with Gasteiger partial charge < -0.3 is 14.9 Å². The molecule has 0 aliphatic rings. The molecule has 0 aliphatic carbocycles. The lowest BCUT2D eigenvalue weighted by Gasteiger charge is -2.02. The van der Waals surface area contributed by atoms with Crippen LogP contribution in [-0.2, 0) is 9.53 Å². The molecule has 0 amide bonds. The van der Waals surface area contributed by atoms with Crippen LogP contribution in [-0.4, -0.2) is 29.1 Å². The summed E-state index contributed by atoms with van der Waals surface area (Å²) in [5.41, 5.74) is 0. The summed E-state index contributed by atoms with van der Waals surface area (Å²) in [6, 6.07) is 0. The summed E-state index contributed by atoms with van der Waals surface area (Å²) in [5.74, 6) is -0.115. The molecule has 4 nitrogen and oxygen atoms in total. The molecule has 0 aromatic rings. The van der Waals surface area contributed by atoms with Crippen LogP contribution >= 0.6 is 0 Å². The van der Waals surface area contributed by atoms with E-state index in [1.165, 1.54) is 0 Å². The van der Waals surface area contributed by atoms with Crippen molar-refractivity contribution >= 4 is 5.78 Å². The molecule has 0 fully saturated rings. The number of hydrogen-bond donors (Lipinski definition) is 2. The molecule has 0 aliphatic heterocycles. The van der Waals surface area contributed by atoms with E-state index in [1.54, 1.807) is 0 Å². The van der Waals surface area contributed by atoms with Gasteiger partial charge in [-0.25, -0.2) is 0 Å². The number of ketones is 1. The quantitative estimate of drug-likeness (QED) is 0.522. The highest BCUT2D eigenvalue weighted by atomic mass is 16.7. The Labute approximate surface area is 59.4 Å². The van der Waals surface area contributed by atoms with Crippen LogP contribution < -0.4 is 0 Å². The van der Waals surface area contributed by atoms with E-state index in [-0.39, 0.29) is 12.4 Å². The van der Waals surface area contributed by atoms with Crippen LogP contribution in [0.3, 0.4) is 0 Å². The number of carbonyl (C=O) groups excluding carboxylic acids is 1. The number of hydrogen-bond acceptors (Lipinski definition) is 4. The van der Waals surface area contributed by atoms with Gasteiger partial charge in [0.2, 0.25) is 0 Å². The number of Topliss-reactive ketones (excluding diaryl/α,β-unsaturated/α-hetero) is 1. The van der Waals surface area contributed by atoms with Crippen molar-refractivity contribution in [1.82, 2.24) is 0 Å². The van der Waals surface area contributed by atoms with Crippen LogP contribution in [0.4, 0.5) is 0 Å². The van der Waals surface area contributed by atoms with Crippen molar-refractivity contribution in [2.24, 2.45) is 0 Å². The average molecular weight is 148 g/mol. The summed E-state index contributed by atoms with van der Waals surface area (Å²) < 4.78 is 4.22. The molecule has 2 N–H and O–H groups in total. The van der Waals surface area contributed by atoms with Crippen molar-refractivity contribution in [3.8, 4) is 0 Å². The molecular weight excluding hydrogens is 136 g/mol. The Hall–Kier alpha value is -0.450. The van der Waals surface area contributed by atoms with Gasteiger partial charge in [0.25, 0.3) is 6.48 Å². The first kappa shape index (κ1) is 9.55. The molecule has 0 bridgehead atoms. The van der Waals surface area contributed by atoms with Crippen LogP contribution in [0.1, 0.15) is 19.8 Å². The highest BCUT2D eigenvalue weighted by Crippen LogP contribution is 1.90. The summed E-state index contributed by atoms with van der Waals surface area (Å²) in [6.45, 7) is -0.181. The van der Waals surface area contributed by atoms with E-state index in [9.17, 15) is 4.79 Å². The fourth-order valence-corrected chi connectivity index (χ4v) is 0.518. The van der Waals surface area contributed by atoms with Crippen LogP contribution in [0.15, 0.2) is 0 Å². The SMILES string of the molecule is CCCC(=O)COC(O)O. The molecule has 0 unspecified atom stereocenters. The zero-order valence-corrected chi connectivity index (χ0v) is 5.91. The summed E-state index contributed by atoms with van der Waals surface area (Å²) >= 11 is 0. The summed E-state index contributed by atoms with van der Waals surface area (Å²) in [4.78, 5) is 10.6. The van der Waals surface area contributed by atoms with Gasteiger partial charge in [-0.3, -0.25) is 4.79 Å². The summed E-state index contributed by atoms with van der Waals surface area (Å²) in [5, 5.41) is 16.3. The molecule has 0 spiro atoms. The van der Waals surface area contributed by atoms with Gasteiger partial charge in [0.05, 0.1) is 0 Å². The fraction of sp³-hybridized carbons (Fsp3) is 0.833. The fourth-order valence-electron chi connectivity index (χ4n) is 0.518. The van der Waals surface area contributed by atoms with E-state index in [4.69, 9.17) is 10.2 Å². The zero-order valence-electron chi connectivity index (χ0n) is 5.91. The second kappa shape index (κ2) is 5.34. The minimum atomic E-state index is -1.83. The van der Waals surface area contributed by atoms with E-state index < -0.39 is 6.48 Å². The van der Waals surface area contributed by atoms with Crippen molar-refractivity contribution in [2.75, 3.05) is 6.61 Å². The molecule has 10 heavy (non-hydrogen) atoms. The normalized spacial score (nSPS) is 10.4. The lowest BCUT2D eigenvalue weighted by molar-refractivity contribution is -0.232. The molecule has 0 heterocycles. The lowest BCUT2D eigenvalue weighted by atomic mass is 10.2. The Morgan fingerprint density at radius 3 is 2.60 bits per heavy atom. The summed E-state index contributed by atoms with van der Waals surface area (Å²) in [7, 11) is 0. The van der Waals surface area contributed by atoms with Crippen LogP contribution in [0.5, 0.6) is 0 Å². The van der Waals surface area contributed by atoms with E-state index in [1.807, 2.05) is 6.92 Å². The van der Waals surface area contributed by atoms with E-state index >= 15 is 0 Å². The van der Waals surface area contributed by atoms with Gasteiger partial charge in [-0.05, 0) is 6.42 Å². The zero-order chi connectivity index (χ0) is 7.98. The average Bonchev–Trinajstić information content (AvgIpc) is 1.85. The van der Waals surface area contributed by atoms with Gasteiger partial charge >= 0.3 is 0 Å². The Balaban J connectivity index is 3.22. The maximum atomic E-state index is 10.6. The van der Waals surface area contributed by atoms with Gasteiger partial charge in [0.15, 0.2) is 5.78 Å². The van der Waals surface area contributed by atoms with Crippen molar-refractivity contribution in [3.05, 3.63) is 0 Å². The predicted octanol–water partition coefficient (Wildman–Crippen LogP) is -0.360. The lowest BCUT2D eigenvalue weighted by Crippen LogP contribution is -2.16. The molecule has 0 saturated carbocycles. The first-order chi connectivity index (χ1) is 4.66. The van der Waals surface area contributed by atoms with E-state index in [2.05, 4.69) is 4.74 Å². The topological polar surface area (TPSA) is 66.8 Å². The standard InChI is InChI=1S/C6H12O4/c1-2-3-5(7)4-10-6(8)9/h6,8-9H,2-4H2,1H3. The van der Waals surface area contributed by atoms with Gasteiger partial charge in [0, 0.05) is 6.42 Å². The van der Waals surface area contributed by atoms with Gasteiger partial charge in [-0.15, -0.1) is 0 Å². The maximum Gasteiger partial charge on any atom is 0.266 e. The van der Waals surface area contributed by atoms with Crippen molar-refractivity contribution in [2.45, 2.75) is 26.2 Å². The van der Waals surface area contributed by atoms with Crippen molar-refractivity contribution < 1.29 is 19.7 Å². The third-order valence-electron chi connectivity index (χ3n) is 0.922.